The number of halogens is 2. The number of carbonyl (C=O) groups is 1. The van der Waals surface area contributed by atoms with E-state index in [1.807, 2.05) is 26.6 Å². The van der Waals surface area contributed by atoms with E-state index in [2.05, 4.69) is 15.9 Å². The molecule has 0 fully saturated rings. The van der Waals surface area contributed by atoms with Gasteiger partial charge >= 0.3 is 0 Å². The fourth-order valence-corrected chi connectivity index (χ4v) is 7.55. The largest absolute Gasteiger partial charge is 0.273 e. The van der Waals surface area contributed by atoms with Gasteiger partial charge in [0.25, 0.3) is 10.0 Å². The summed E-state index contributed by atoms with van der Waals surface area (Å²) in [6, 6.07) is 5.86. The highest BCUT2D eigenvalue weighted by molar-refractivity contribution is 9.10. The molecule has 0 spiro atoms. The molecule has 1 amide bonds. The Balaban J connectivity index is 3.38. The molecule has 1 aromatic rings. The summed E-state index contributed by atoms with van der Waals surface area (Å²) in [6.45, 7) is 7.31. The van der Waals surface area contributed by atoms with Crippen LogP contribution in [0, 0.1) is 0 Å². The number of sulfonamides is 1. The lowest BCUT2D eigenvalue weighted by molar-refractivity contribution is -0.123. The van der Waals surface area contributed by atoms with E-state index in [0.29, 0.717) is 11.4 Å². The van der Waals surface area contributed by atoms with E-state index in [1.165, 1.54) is 24.3 Å². The standard InChI is InChI=1S/C13H19BrClNO3SSi/c1-5-12(14)13(17)16(21(2,3)4)20(18,19)11-8-6-10(15)7-9-11/h6-9,12H,5H2,1-4H3. The Kier molecular flexibility index (Phi) is 6.05. The molecule has 0 aliphatic heterocycles. The van der Waals surface area contributed by atoms with Gasteiger partial charge < -0.3 is 0 Å². The van der Waals surface area contributed by atoms with Crippen LogP contribution in [-0.4, -0.2) is 31.4 Å². The third kappa shape index (κ3) is 4.31. The quantitative estimate of drug-likeness (QED) is 0.545. The van der Waals surface area contributed by atoms with Crippen LogP contribution in [0.1, 0.15) is 13.3 Å². The van der Waals surface area contributed by atoms with Crippen molar-refractivity contribution >= 4 is 51.7 Å². The summed E-state index contributed by atoms with van der Waals surface area (Å²) in [5.74, 6) is -0.411. The van der Waals surface area contributed by atoms with Crippen molar-refractivity contribution in [3.63, 3.8) is 0 Å². The molecule has 0 N–H and O–H groups in total. The van der Waals surface area contributed by atoms with Gasteiger partial charge in [-0.25, -0.2) is 8.42 Å². The number of alkyl halides is 1. The topological polar surface area (TPSA) is 54.5 Å². The van der Waals surface area contributed by atoms with Crippen LogP contribution in [0.25, 0.3) is 0 Å². The average Bonchev–Trinajstić information content (AvgIpc) is 2.36. The van der Waals surface area contributed by atoms with Crippen LogP contribution in [0.15, 0.2) is 29.2 Å². The molecule has 8 heteroatoms. The van der Waals surface area contributed by atoms with E-state index in [1.54, 1.807) is 0 Å². The maximum Gasteiger partial charge on any atom is 0.259 e. The Morgan fingerprint density at radius 1 is 1.29 bits per heavy atom. The molecule has 0 radical (unpaired) electrons. The van der Waals surface area contributed by atoms with E-state index < -0.39 is 29.0 Å². The zero-order valence-corrected chi connectivity index (χ0v) is 16.6. The molecule has 4 nitrogen and oxygen atoms in total. The minimum absolute atomic E-state index is 0.0819. The Labute approximate surface area is 140 Å². The van der Waals surface area contributed by atoms with Gasteiger partial charge in [0.15, 0.2) is 8.24 Å². The van der Waals surface area contributed by atoms with Crippen LogP contribution in [0.2, 0.25) is 24.7 Å². The van der Waals surface area contributed by atoms with Crippen molar-refractivity contribution in [3.05, 3.63) is 29.3 Å². The normalized spacial score (nSPS) is 13.8. The molecular formula is C13H19BrClNO3SSi. The first kappa shape index (κ1) is 18.7. The molecular weight excluding hydrogens is 394 g/mol. The van der Waals surface area contributed by atoms with Crippen molar-refractivity contribution in [3.8, 4) is 0 Å². The first-order valence-corrected chi connectivity index (χ1v) is 12.7. The Morgan fingerprint density at radius 3 is 2.14 bits per heavy atom. The number of benzene rings is 1. The van der Waals surface area contributed by atoms with Crippen molar-refractivity contribution in [1.82, 2.24) is 3.97 Å². The molecule has 0 bridgehead atoms. The molecule has 1 unspecified atom stereocenters. The average molecular weight is 413 g/mol. The fourth-order valence-electron chi connectivity index (χ4n) is 1.82. The summed E-state index contributed by atoms with van der Waals surface area (Å²) in [5.41, 5.74) is 0. The number of hydrogen-bond donors (Lipinski definition) is 0. The van der Waals surface area contributed by atoms with Crippen LogP contribution < -0.4 is 0 Å². The van der Waals surface area contributed by atoms with Crippen LogP contribution in [0.5, 0.6) is 0 Å². The molecule has 0 aliphatic carbocycles. The monoisotopic (exact) mass is 411 g/mol. The second-order valence-corrected chi connectivity index (χ2v) is 14.0. The molecule has 0 aromatic heterocycles. The highest BCUT2D eigenvalue weighted by Crippen LogP contribution is 2.26. The van der Waals surface area contributed by atoms with E-state index in [9.17, 15) is 13.2 Å². The zero-order chi connectivity index (χ0) is 16.4. The maximum absolute atomic E-state index is 12.8. The van der Waals surface area contributed by atoms with Gasteiger partial charge in [0.1, 0.15) is 0 Å². The van der Waals surface area contributed by atoms with Crippen molar-refractivity contribution < 1.29 is 13.2 Å². The Morgan fingerprint density at radius 2 is 1.76 bits per heavy atom. The van der Waals surface area contributed by atoms with Gasteiger partial charge in [-0.2, -0.15) is 0 Å². The third-order valence-corrected chi connectivity index (χ3v) is 9.41. The number of rotatable bonds is 5. The SMILES string of the molecule is CCC(Br)C(=O)N([Si](C)(C)C)S(=O)(=O)c1ccc(Cl)cc1. The second kappa shape index (κ2) is 6.81. The molecule has 21 heavy (non-hydrogen) atoms. The first-order chi connectivity index (χ1) is 9.51. The van der Waals surface area contributed by atoms with Gasteiger partial charge in [0.2, 0.25) is 5.91 Å². The summed E-state index contributed by atoms with van der Waals surface area (Å²) in [6.07, 6.45) is 0.524. The number of hydrogen-bond acceptors (Lipinski definition) is 3. The Bertz CT molecular complexity index is 613. The number of carbonyl (C=O) groups excluding carboxylic acids is 1. The third-order valence-electron chi connectivity index (χ3n) is 2.79. The predicted octanol–water partition coefficient (Wildman–Crippen LogP) is 3.87. The fraction of sp³-hybridized carbons (Fsp3) is 0.462. The van der Waals surface area contributed by atoms with Crippen LogP contribution >= 0.6 is 27.5 Å². The van der Waals surface area contributed by atoms with E-state index >= 15 is 0 Å². The van der Waals surface area contributed by atoms with Gasteiger partial charge in [-0.1, -0.05) is 54.1 Å². The Hall–Kier alpha value is -0.373. The molecule has 1 aromatic carbocycles. The zero-order valence-electron chi connectivity index (χ0n) is 12.4. The van der Waals surface area contributed by atoms with Crippen LogP contribution in [-0.2, 0) is 14.8 Å². The molecule has 1 atom stereocenters. The highest BCUT2D eigenvalue weighted by Gasteiger charge is 2.41. The van der Waals surface area contributed by atoms with Gasteiger partial charge in [0.05, 0.1) is 9.72 Å². The summed E-state index contributed by atoms with van der Waals surface area (Å²) in [4.78, 5) is 12.1. The van der Waals surface area contributed by atoms with Crippen LogP contribution in [0.3, 0.4) is 0 Å². The lowest BCUT2D eigenvalue weighted by Crippen LogP contribution is -2.55. The van der Waals surface area contributed by atoms with Crippen molar-refractivity contribution in [2.45, 2.75) is 42.7 Å². The summed E-state index contributed by atoms with van der Waals surface area (Å²) in [5, 5.41) is 0.451. The summed E-state index contributed by atoms with van der Waals surface area (Å²) >= 11 is 9.05. The molecule has 118 valence electrons. The summed E-state index contributed by atoms with van der Waals surface area (Å²) < 4.78 is 26.7. The minimum atomic E-state index is -3.87. The van der Waals surface area contributed by atoms with E-state index in [0.717, 1.165) is 3.97 Å². The molecule has 0 saturated carbocycles. The van der Waals surface area contributed by atoms with Crippen molar-refractivity contribution in [2.24, 2.45) is 0 Å². The van der Waals surface area contributed by atoms with Crippen molar-refractivity contribution in [2.75, 3.05) is 0 Å². The predicted molar refractivity (Wildman–Crippen MR) is 91.8 cm³/mol. The number of nitrogens with zero attached hydrogens (tertiary/aromatic N) is 1. The van der Waals surface area contributed by atoms with E-state index in [4.69, 9.17) is 11.6 Å². The van der Waals surface area contributed by atoms with Crippen LogP contribution in [0.4, 0.5) is 0 Å². The first-order valence-electron chi connectivity index (χ1n) is 6.50. The molecule has 0 heterocycles. The summed E-state index contributed by atoms with van der Waals surface area (Å²) in [7, 11) is -6.30. The minimum Gasteiger partial charge on any atom is -0.273 e. The molecule has 0 aliphatic rings. The molecule has 1 rings (SSSR count). The van der Waals surface area contributed by atoms with Gasteiger partial charge in [-0.05, 0) is 30.7 Å². The lowest BCUT2D eigenvalue weighted by atomic mass is 10.3. The van der Waals surface area contributed by atoms with Gasteiger partial charge in [0, 0.05) is 5.02 Å². The van der Waals surface area contributed by atoms with Crippen molar-refractivity contribution in [1.29, 1.82) is 0 Å². The second-order valence-electron chi connectivity index (χ2n) is 5.61. The molecule has 0 saturated heterocycles. The highest BCUT2D eigenvalue weighted by atomic mass is 79.9. The van der Waals surface area contributed by atoms with Gasteiger partial charge in [-0.15, -0.1) is 0 Å². The maximum atomic E-state index is 12.8. The smallest absolute Gasteiger partial charge is 0.259 e. The number of amides is 1. The van der Waals surface area contributed by atoms with Gasteiger partial charge in [-0.3, -0.25) is 8.77 Å². The lowest BCUT2D eigenvalue weighted by Gasteiger charge is -2.34. The van der Waals surface area contributed by atoms with E-state index in [-0.39, 0.29) is 4.90 Å².